The van der Waals surface area contributed by atoms with Crippen LogP contribution in [0.1, 0.15) is 49.4 Å². The minimum Gasteiger partial charge on any atom is -0.507 e. The van der Waals surface area contributed by atoms with Crippen LogP contribution in [0, 0.1) is 14.9 Å². The second kappa shape index (κ2) is 7.01. The summed E-state index contributed by atoms with van der Waals surface area (Å²) in [6, 6.07) is 1.97. The van der Waals surface area contributed by atoms with Crippen molar-refractivity contribution in [3.05, 3.63) is 38.4 Å². The van der Waals surface area contributed by atoms with Gasteiger partial charge in [-0.1, -0.05) is 19.3 Å². The molecule has 2 aromatic rings. The number of aromatic amines is 1. The maximum atomic E-state index is 10.9. The number of benzene rings is 1. The van der Waals surface area contributed by atoms with E-state index in [-0.39, 0.29) is 17.2 Å². The Morgan fingerprint density at radius 2 is 2.04 bits per heavy atom. The van der Waals surface area contributed by atoms with E-state index in [2.05, 4.69) is 15.3 Å². The fourth-order valence-corrected chi connectivity index (χ4v) is 3.18. The van der Waals surface area contributed by atoms with E-state index in [1.165, 1.54) is 17.3 Å². The molecule has 9 nitrogen and oxygen atoms in total. The molecule has 1 aliphatic carbocycles. The van der Waals surface area contributed by atoms with Crippen LogP contribution >= 0.6 is 12.2 Å². The third-order valence-corrected chi connectivity index (χ3v) is 4.54. The van der Waals surface area contributed by atoms with E-state index in [1.807, 2.05) is 0 Å². The monoisotopic (exact) mass is 363 g/mol. The average molecular weight is 363 g/mol. The van der Waals surface area contributed by atoms with Crippen LogP contribution in [0.3, 0.4) is 0 Å². The summed E-state index contributed by atoms with van der Waals surface area (Å²) in [6.45, 7) is 0. The van der Waals surface area contributed by atoms with E-state index < -0.39 is 16.4 Å². The van der Waals surface area contributed by atoms with Gasteiger partial charge in [0.15, 0.2) is 11.6 Å². The third kappa shape index (κ3) is 3.53. The number of hydrogen-bond acceptors (Lipinski definition) is 7. The van der Waals surface area contributed by atoms with E-state index in [4.69, 9.17) is 12.2 Å². The van der Waals surface area contributed by atoms with Crippen molar-refractivity contribution in [2.45, 2.75) is 38.0 Å². The van der Waals surface area contributed by atoms with Gasteiger partial charge in [0.2, 0.25) is 4.77 Å². The molecule has 0 radical (unpaired) electrons. The predicted octanol–water partition coefficient (Wildman–Crippen LogP) is 3.19. The van der Waals surface area contributed by atoms with E-state index in [0.717, 1.165) is 37.8 Å². The lowest BCUT2D eigenvalue weighted by molar-refractivity contribution is -0.385. The number of nitrogens with zero attached hydrogens (tertiary/aromatic N) is 4. The van der Waals surface area contributed by atoms with Gasteiger partial charge in [0.25, 0.3) is 0 Å². The van der Waals surface area contributed by atoms with Crippen molar-refractivity contribution in [3.63, 3.8) is 0 Å². The molecular weight excluding hydrogens is 346 g/mol. The third-order valence-electron chi connectivity index (χ3n) is 4.28. The molecule has 3 rings (SSSR count). The summed E-state index contributed by atoms with van der Waals surface area (Å²) in [6.07, 6.45) is 6.73. The SMILES string of the molecule is O=[N+]([O-])c1cc(/C=N\n2c(C3CCCCC3)n[nH]c2=S)c(O)cc1O. The highest BCUT2D eigenvalue weighted by molar-refractivity contribution is 7.71. The highest BCUT2D eigenvalue weighted by Gasteiger charge is 2.21. The first kappa shape index (κ1) is 17.1. The normalized spacial score (nSPS) is 15.7. The Balaban J connectivity index is 1.95. The number of nitrogens with one attached hydrogen (secondary N) is 1. The fraction of sp³-hybridized carbons (Fsp3) is 0.400. The van der Waals surface area contributed by atoms with Gasteiger partial charge in [-0.05, 0) is 25.1 Å². The highest BCUT2D eigenvalue weighted by atomic mass is 32.1. The summed E-state index contributed by atoms with van der Waals surface area (Å²) in [5, 5.41) is 41.5. The Morgan fingerprint density at radius 1 is 1.32 bits per heavy atom. The molecule has 132 valence electrons. The Hall–Kier alpha value is -2.75. The van der Waals surface area contributed by atoms with Crippen molar-refractivity contribution >= 4 is 24.1 Å². The molecule has 0 aliphatic heterocycles. The number of phenols is 2. The van der Waals surface area contributed by atoms with Gasteiger partial charge >= 0.3 is 5.69 Å². The second-order valence-electron chi connectivity index (χ2n) is 5.94. The molecule has 10 heteroatoms. The van der Waals surface area contributed by atoms with Crippen LogP contribution in [0.4, 0.5) is 5.69 Å². The summed E-state index contributed by atoms with van der Waals surface area (Å²) in [7, 11) is 0. The van der Waals surface area contributed by atoms with Crippen LogP contribution in [0.25, 0.3) is 0 Å². The minimum absolute atomic E-state index is 0.0993. The Morgan fingerprint density at radius 3 is 2.72 bits per heavy atom. The molecule has 3 N–H and O–H groups in total. The molecule has 0 spiro atoms. The summed E-state index contributed by atoms with van der Waals surface area (Å²) >= 11 is 5.20. The Kier molecular flexibility index (Phi) is 4.79. The van der Waals surface area contributed by atoms with Crippen LogP contribution in [0.2, 0.25) is 0 Å². The quantitative estimate of drug-likeness (QED) is 0.331. The number of rotatable bonds is 4. The topological polar surface area (TPSA) is 130 Å². The van der Waals surface area contributed by atoms with Crippen molar-refractivity contribution in [1.82, 2.24) is 14.9 Å². The zero-order valence-electron chi connectivity index (χ0n) is 13.3. The molecule has 0 amide bonds. The van der Waals surface area contributed by atoms with Crippen molar-refractivity contribution in [1.29, 1.82) is 0 Å². The van der Waals surface area contributed by atoms with E-state index in [1.54, 1.807) is 0 Å². The summed E-state index contributed by atoms with van der Waals surface area (Å²) in [4.78, 5) is 10.2. The maximum Gasteiger partial charge on any atom is 0.311 e. The standard InChI is InChI=1S/C15H17N5O4S/c21-12-7-13(22)11(20(23)24)6-10(12)8-16-19-14(17-18-15(19)25)9-4-2-1-3-5-9/h6-9,21-22H,1-5H2,(H,18,25)/b16-8-. The number of hydrogen-bond donors (Lipinski definition) is 3. The molecule has 25 heavy (non-hydrogen) atoms. The Bertz CT molecular complexity index is 883. The number of nitro groups is 1. The van der Waals surface area contributed by atoms with Gasteiger partial charge in [-0.15, -0.1) is 0 Å². The predicted molar refractivity (Wildman–Crippen MR) is 92.7 cm³/mol. The summed E-state index contributed by atoms with van der Waals surface area (Å²) in [5.74, 6) is 0.0406. The molecule has 0 atom stereocenters. The van der Waals surface area contributed by atoms with Gasteiger partial charge in [-0.2, -0.15) is 14.9 Å². The highest BCUT2D eigenvalue weighted by Crippen LogP contribution is 2.33. The number of aromatic hydroxyl groups is 2. The van der Waals surface area contributed by atoms with E-state index in [0.29, 0.717) is 10.6 Å². The van der Waals surface area contributed by atoms with Crippen LogP contribution in [0.15, 0.2) is 17.2 Å². The van der Waals surface area contributed by atoms with Crippen LogP contribution in [-0.2, 0) is 0 Å². The van der Waals surface area contributed by atoms with Gasteiger partial charge in [0.1, 0.15) is 5.75 Å². The Labute approximate surface area is 147 Å². The van der Waals surface area contributed by atoms with Gasteiger partial charge in [-0.25, -0.2) is 0 Å². The lowest BCUT2D eigenvalue weighted by Crippen LogP contribution is -2.10. The van der Waals surface area contributed by atoms with Gasteiger partial charge in [0.05, 0.1) is 11.1 Å². The molecule has 1 aromatic heterocycles. The molecule has 1 saturated carbocycles. The molecular formula is C15H17N5O4S. The van der Waals surface area contributed by atoms with E-state index in [9.17, 15) is 20.3 Å². The zero-order chi connectivity index (χ0) is 18.0. The number of aromatic nitrogens is 3. The van der Waals surface area contributed by atoms with Crippen LogP contribution in [-0.4, -0.2) is 36.2 Å². The molecule has 0 unspecified atom stereocenters. The van der Waals surface area contributed by atoms with Crippen molar-refractivity contribution in [2.24, 2.45) is 5.10 Å². The largest absolute Gasteiger partial charge is 0.507 e. The summed E-state index contributed by atoms with van der Waals surface area (Å²) in [5.41, 5.74) is -0.412. The molecule has 0 saturated heterocycles. The van der Waals surface area contributed by atoms with Gasteiger partial charge in [-0.3, -0.25) is 15.2 Å². The molecule has 1 aliphatic rings. The van der Waals surface area contributed by atoms with Crippen molar-refractivity contribution in [2.75, 3.05) is 0 Å². The number of phenolic OH excluding ortho intramolecular Hbond substituents is 2. The van der Waals surface area contributed by atoms with Crippen molar-refractivity contribution < 1.29 is 15.1 Å². The molecule has 1 heterocycles. The smallest absolute Gasteiger partial charge is 0.311 e. The van der Waals surface area contributed by atoms with Gasteiger partial charge < -0.3 is 10.2 Å². The van der Waals surface area contributed by atoms with Crippen molar-refractivity contribution in [3.8, 4) is 11.5 Å². The molecule has 0 bridgehead atoms. The second-order valence-corrected chi connectivity index (χ2v) is 6.32. The van der Waals surface area contributed by atoms with Gasteiger partial charge in [0, 0.05) is 23.6 Å². The zero-order valence-corrected chi connectivity index (χ0v) is 14.1. The molecule has 1 fully saturated rings. The molecule has 1 aromatic carbocycles. The number of nitro benzene ring substituents is 1. The first-order chi connectivity index (χ1) is 12.0. The fourth-order valence-electron chi connectivity index (χ4n) is 2.99. The maximum absolute atomic E-state index is 10.9. The number of H-pyrrole nitrogens is 1. The first-order valence-electron chi connectivity index (χ1n) is 7.89. The van der Waals surface area contributed by atoms with Crippen LogP contribution in [0.5, 0.6) is 11.5 Å². The minimum atomic E-state index is -0.733. The summed E-state index contributed by atoms with van der Waals surface area (Å²) < 4.78 is 1.79. The first-order valence-corrected chi connectivity index (χ1v) is 8.30. The van der Waals surface area contributed by atoms with Crippen LogP contribution < -0.4 is 0 Å². The average Bonchev–Trinajstić information content (AvgIpc) is 2.95. The lowest BCUT2D eigenvalue weighted by atomic mass is 9.89. The van der Waals surface area contributed by atoms with E-state index >= 15 is 0 Å². The lowest BCUT2D eigenvalue weighted by Gasteiger charge is -2.19.